The van der Waals surface area contributed by atoms with E-state index in [-0.39, 0.29) is 48.5 Å². The molecule has 4 rings (SSSR count). The lowest BCUT2D eigenvalue weighted by Crippen LogP contribution is -2.66. The highest BCUT2D eigenvalue weighted by atomic mass is 16.3. The fraction of sp³-hybridized carbons (Fsp3) is 0.450. The SMILES string of the molecule is O=C(NCCNC(=O)C1NC(=O)C2CCCCC2N1)c1cc2ccccc2o1. The van der Waals surface area contributed by atoms with Crippen LogP contribution in [-0.2, 0) is 9.59 Å². The van der Waals surface area contributed by atoms with Gasteiger partial charge in [-0.05, 0) is 25.0 Å². The maximum absolute atomic E-state index is 12.3. The lowest BCUT2D eigenvalue weighted by molar-refractivity contribution is -0.137. The third-order valence-corrected chi connectivity index (χ3v) is 5.39. The number of para-hydroxylation sites is 1. The molecule has 2 heterocycles. The normalized spacial score (nSPS) is 24.3. The van der Waals surface area contributed by atoms with Gasteiger partial charge in [0.05, 0.1) is 5.92 Å². The summed E-state index contributed by atoms with van der Waals surface area (Å²) in [5.74, 6) is -0.491. The van der Waals surface area contributed by atoms with E-state index in [0.717, 1.165) is 31.1 Å². The van der Waals surface area contributed by atoms with Crippen molar-refractivity contribution in [1.29, 1.82) is 0 Å². The van der Waals surface area contributed by atoms with E-state index in [2.05, 4.69) is 21.3 Å². The van der Waals surface area contributed by atoms with Crippen molar-refractivity contribution in [3.8, 4) is 0 Å². The van der Waals surface area contributed by atoms with Crippen molar-refractivity contribution in [2.24, 2.45) is 5.92 Å². The lowest BCUT2D eigenvalue weighted by atomic mass is 9.82. The van der Waals surface area contributed by atoms with Crippen LogP contribution in [0.3, 0.4) is 0 Å². The van der Waals surface area contributed by atoms with Crippen molar-refractivity contribution in [2.45, 2.75) is 37.9 Å². The van der Waals surface area contributed by atoms with Crippen molar-refractivity contribution >= 4 is 28.7 Å². The Morgan fingerprint density at radius 3 is 2.75 bits per heavy atom. The minimum absolute atomic E-state index is 0.0408. The van der Waals surface area contributed by atoms with Crippen LogP contribution >= 0.6 is 0 Å². The summed E-state index contributed by atoms with van der Waals surface area (Å²) < 4.78 is 5.51. The molecule has 0 radical (unpaired) electrons. The Bertz CT molecular complexity index is 860. The van der Waals surface area contributed by atoms with Gasteiger partial charge in [-0.25, -0.2) is 0 Å². The standard InChI is InChI=1S/C20H24N4O4/c25-18-13-6-2-3-7-14(13)23-17(24-18)20(27)22-10-9-21-19(26)16-11-12-5-1-4-8-15(12)28-16/h1,4-5,8,11,13-14,17,23H,2-3,6-7,9-10H2,(H,21,26)(H,22,27)(H,24,25). The molecular weight excluding hydrogens is 360 g/mol. The van der Waals surface area contributed by atoms with Crippen molar-refractivity contribution in [3.05, 3.63) is 36.1 Å². The van der Waals surface area contributed by atoms with Gasteiger partial charge in [-0.1, -0.05) is 31.0 Å². The molecule has 1 aromatic heterocycles. The van der Waals surface area contributed by atoms with Crippen molar-refractivity contribution in [1.82, 2.24) is 21.3 Å². The Balaban J connectivity index is 1.23. The number of furan rings is 1. The van der Waals surface area contributed by atoms with Crippen LogP contribution in [0, 0.1) is 5.92 Å². The molecule has 4 N–H and O–H groups in total. The highest BCUT2D eigenvalue weighted by Crippen LogP contribution is 2.27. The van der Waals surface area contributed by atoms with Gasteiger partial charge in [-0.15, -0.1) is 0 Å². The van der Waals surface area contributed by atoms with E-state index in [1.54, 1.807) is 12.1 Å². The van der Waals surface area contributed by atoms with Crippen molar-refractivity contribution < 1.29 is 18.8 Å². The number of nitrogens with one attached hydrogen (secondary N) is 4. The first-order chi connectivity index (χ1) is 13.6. The van der Waals surface area contributed by atoms with E-state index in [1.165, 1.54) is 0 Å². The Morgan fingerprint density at radius 2 is 1.89 bits per heavy atom. The monoisotopic (exact) mass is 384 g/mol. The molecule has 1 saturated carbocycles. The Kier molecular flexibility index (Phi) is 5.29. The largest absolute Gasteiger partial charge is 0.451 e. The average Bonchev–Trinajstić information content (AvgIpc) is 3.15. The molecule has 3 atom stereocenters. The van der Waals surface area contributed by atoms with E-state index in [4.69, 9.17) is 4.42 Å². The van der Waals surface area contributed by atoms with Gasteiger partial charge in [0.1, 0.15) is 5.58 Å². The zero-order chi connectivity index (χ0) is 19.5. The fourth-order valence-electron chi connectivity index (χ4n) is 3.94. The van der Waals surface area contributed by atoms with Gasteiger partial charge in [0.15, 0.2) is 11.9 Å². The minimum atomic E-state index is -0.724. The van der Waals surface area contributed by atoms with Gasteiger partial charge >= 0.3 is 0 Å². The van der Waals surface area contributed by atoms with Crippen LogP contribution in [0.5, 0.6) is 0 Å². The molecule has 3 unspecified atom stereocenters. The number of amides is 3. The topological polar surface area (TPSA) is 112 Å². The number of benzene rings is 1. The maximum atomic E-state index is 12.3. The molecule has 1 aromatic carbocycles. The predicted molar refractivity (Wildman–Crippen MR) is 102 cm³/mol. The van der Waals surface area contributed by atoms with E-state index >= 15 is 0 Å². The van der Waals surface area contributed by atoms with Crippen LogP contribution in [0.15, 0.2) is 34.7 Å². The third-order valence-electron chi connectivity index (χ3n) is 5.39. The Labute approximate surface area is 162 Å². The van der Waals surface area contributed by atoms with Gasteiger partial charge in [0.25, 0.3) is 11.8 Å². The van der Waals surface area contributed by atoms with E-state index in [1.807, 2.05) is 18.2 Å². The average molecular weight is 384 g/mol. The van der Waals surface area contributed by atoms with Crippen LogP contribution in [-0.4, -0.2) is 43.0 Å². The van der Waals surface area contributed by atoms with Crippen molar-refractivity contribution in [3.63, 3.8) is 0 Å². The first kappa shape index (κ1) is 18.5. The highest BCUT2D eigenvalue weighted by Gasteiger charge is 2.39. The van der Waals surface area contributed by atoms with Crippen molar-refractivity contribution in [2.75, 3.05) is 13.1 Å². The maximum Gasteiger partial charge on any atom is 0.287 e. The summed E-state index contributed by atoms with van der Waals surface area (Å²) in [6.45, 7) is 0.515. The molecule has 2 fully saturated rings. The molecule has 0 spiro atoms. The number of carbonyl (C=O) groups is 3. The molecule has 2 aromatic rings. The van der Waals surface area contributed by atoms with Crippen LogP contribution < -0.4 is 21.3 Å². The number of carbonyl (C=O) groups excluding carboxylic acids is 3. The highest BCUT2D eigenvalue weighted by molar-refractivity contribution is 5.96. The molecular formula is C20H24N4O4. The number of fused-ring (bicyclic) bond motifs is 2. The number of hydrogen-bond acceptors (Lipinski definition) is 5. The molecule has 1 aliphatic heterocycles. The van der Waals surface area contributed by atoms with E-state index in [9.17, 15) is 14.4 Å². The summed E-state index contributed by atoms with van der Waals surface area (Å²) in [6, 6.07) is 9.14. The van der Waals surface area contributed by atoms with Gasteiger partial charge in [0, 0.05) is 24.5 Å². The lowest BCUT2D eigenvalue weighted by Gasteiger charge is -2.39. The summed E-state index contributed by atoms with van der Waals surface area (Å²) in [7, 11) is 0. The predicted octanol–water partition coefficient (Wildman–Crippen LogP) is 0.883. The molecule has 2 aliphatic rings. The van der Waals surface area contributed by atoms with Gasteiger partial charge < -0.3 is 20.4 Å². The van der Waals surface area contributed by atoms with Gasteiger partial charge in [0.2, 0.25) is 5.91 Å². The van der Waals surface area contributed by atoms with Gasteiger partial charge in [-0.2, -0.15) is 0 Å². The molecule has 1 aliphatic carbocycles. The molecule has 3 amide bonds. The Morgan fingerprint density at radius 1 is 1.11 bits per heavy atom. The quantitative estimate of drug-likeness (QED) is 0.572. The number of hydrogen-bond donors (Lipinski definition) is 4. The summed E-state index contributed by atoms with van der Waals surface area (Å²) in [6.07, 6.45) is 3.18. The molecule has 1 saturated heterocycles. The molecule has 8 heteroatoms. The van der Waals surface area contributed by atoms with Crippen LogP contribution in [0.1, 0.15) is 36.2 Å². The molecule has 148 valence electrons. The van der Waals surface area contributed by atoms with Crippen LogP contribution in [0.4, 0.5) is 0 Å². The van der Waals surface area contributed by atoms with E-state index in [0.29, 0.717) is 5.58 Å². The molecule has 8 nitrogen and oxygen atoms in total. The van der Waals surface area contributed by atoms with Crippen LogP contribution in [0.2, 0.25) is 0 Å². The fourth-order valence-corrected chi connectivity index (χ4v) is 3.94. The first-order valence-corrected chi connectivity index (χ1v) is 9.73. The summed E-state index contributed by atoms with van der Waals surface area (Å²) in [5, 5.41) is 12.3. The first-order valence-electron chi connectivity index (χ1n) is 9.73. The summed E-state index contributed by atoms with van der Waals surface area (Å²) in [4.78, 5) is 36.7. The van der Waals surface area contributed by atoms with E-state index < -0.39 is 6.17 Å². The molecule has 0 bridgehead atoms. The summed E-state index contributed by atoms with van der Waals surface area (Å²) in [5.41, 5.74) is 0.654. The summed E-state index contributed by atoms with van der Waals surface area (Å²) >= 11 is 0. The third kappa shape index (κ3) is 3.87. The smallest absolute Gasteiger partial charge is 0.287 e. The second kappa shape index (κ2) is 8.02. The zero-order valence-electron chi connectivity index (χ0n) is 15.5. The van der Waals surface area contributed by atoms with Gasteiger partial charge in [-0.3, -0.25) is 19.7 Å². The second-order valence-electron chi connectivity index (χ2n) is 7.30. The van der Waals surface area contributed by atoms with Crippen LogP contribution in [0.25, 0.3) is 11.0 Å². The Hall–Kier alpha value is -2.87. The molecule has 28 heavy (non-hydrogen) atoms. The second-order valence-corrected chi connectivity index (χ2v) is 7.30. The zero-order valence-corrected chi connectivity index (χ0v) is 15.5. The minimum Gasteiger partial charge on any atom is -0.451 e. The number of rotatable bonds is 5.